The Morgan fingerprint density at radius 3 is 2.55 bits per heavy atom. The summed E-state index contributed by atoms with van der Waals surface area (Å²) in [5, 5.41) is 2.95. The van der Waals surface area contributed by atoms with Gasteiger partial charge in [0.25, 0.3) is 5.91 Å². The minimum Gasteiger partial charge on any atom is -0.469 e. The summed E-state index contributed by atoms with van der Waals surface area (Å²) >= 11 is 0. The van der Waals surface area contributed by atoms with Gasteiger partial charge in [-0.3, -0.25) is 14.4 Å². The number of nitrogens with one attached hydrogen (secondary N) is 1. The largest absolute Gasteiger partial charge is 0.471 e. The van der Waals surface area contributed by atoms with E-state index in [0.717, 1.165) is 41.6 Å². The topological polar surface area (TPSA) is 98.5 Å². The van der Waals surface area contributed by atoms with E-state index < -0.39 is 35.9 Å². The number of imidazole rings is 1. The fraction of sp³-hybridized carbons (Fsp3) is 0.357. The van der Waals surface area contributed by atoms with Crippen molar-refractivity contribution < 1.29 is 32.3 Å². The molecule has 2 aromatic heterocycles. The smallest absolute Gasteiger partial charge is 0.469 e. The fourth-order valence-corrected chi connectivity index (χ4v) is 5.45. The highest BCUT2D eigenvalue weighted by Gasteiger charge is 2.44. The Balaban J connectivity index is 1.44. The van der Waals surface area contributed by atoms with Gasteiger partial charge in [0.1, 0.15) is 0 Å². The van der Waals surface area contributed by atoms with Gasteiger partial charge in [-0.2, -0.15) is 13.2 Å². The molecule has 1 aliphatic rings. The van der Waals surface area contributed by atoms with E-state index in [4.69, 9.17) is 9.72 Å². The molecular weight excluding hydrogens is 527 g/mol. The van der Waals surface area contributed by atoms with Gasteiger partial charge in [-0.1, -0.05) is 18.2 Å². The van der Waals surface area contributed by atoms with E-state index in [-0.39, 0.29) is 19.5 Å². The van der Waals surface area contributed by atoms with Gasteiger partial charge in [-0.25, -0.2) is 4.98 Å². The first-order valence-corrected chi connectivity index (χ1v) is 12.8. The number of aryl methyl sites for hydroxylation is 2. The summed E-state index contributed by atoms with van der Waals surface area (Å²) in [6.07, 6.45) is -5.09. The molecule has 1 aliphatic heterocycles. The highest BCUT2D eigenvalue weighted by Crippen LogP contribution is 2.31. The molecule has 2 aromatic carbocycles. The highest BCUT2D eigenvalue weighted by atomic mass is 19.4. The quantitative estimate of drug-likeness (QED) is 0.377. The third-order valence-electron chi connectivity index (χ3n) is 7.46. The number of esters is 1. The summed E-state index contributed by atoms with van der Waals surface area (Å²) in [6.45, 7) is 2.63. The number of likely N-dealkylation sites (tertiary alicyclic amines) is 1. The van der Waals surface area contributed by atoms with E-state index in [9.17, 15) is 27.6 Å². The molecule has 2 amide bonds. The van der Waals surface area contributed by atoms with Crippen molar-refractivity contribution in [1.82, 2.24) is 24.3 Å². The molecule has 4 aromatic rings. The number of nitrogens with zero attached hydrogens (tertiary/aromatic N) is 4. The van der Waals surface area contributed by atoms with Crippen molar-refractivity contribution in [2.24, 2.45) is 13.0 Å². The van der Waals surface area contributed by atoms with E-state index in [1.54, 1.807) is 18.2 Å². The molecule has 0 aliphatic carbocycles. The number of carbonyl (C=O) groups excluding carboxylic acids is 3. The number of benzene rings is 2. The van der Waals surface area contributed by atoms with E-state index in [1.165, 1.54) is 4.90 Å². The Morgan fingerprint density at radius 1 is 1.10 bits per heavy atom. The van der Waals surface area contributed by atoms with Gasteiger partial charge in [-0.05, 0) is 43.7 Å². The van der Waals surface area contributed by atoms with Crippen molar-refractivity contribution in [3.05, 3.63) is 54.1 Å². The predicted octanol–water partition coefficient (Wildman–Crippen LogP) is 3.90. The average Bonchev–Trinajstić information content (AvgIpc) is 3.48. The van der Waals surface area contributed by atoms with Crippen LogP contribution in [0.25, 0.3) is 33.5 Å². The van der Waals surface area contributed by atoms with Crippen molar-refractivity contribution in [1.29, 1.82) is 0 Å². The lowest BCUT2D eigenvalue weighted by Gasteiger charge is -2.37. The summed E-state index contributed by atoms with van der Waals surface area (Å²) in [4.78, 5) is 43.4. The fourth-order valence-electron chi connectivity index (χ4n) is 5.45. The van der Waals surface area contributed by atoms with Crippen LogP contribution in [0.15, 0.2) is 48.5 Å². The Kier molecular flexibility index (Phi) is 7.03. The third-order valence-corrected chi connectivity index (χ3v) is 7.46. The first kappa shape index (κ1) is 27.2. The zero-order valence-electron chi connectivity index (χ0n) is 22.2. The molecule has 1 N–H and O–H groups in total. The maximum atomic E-state index is 13.4. The first-order chi connectivity index (χ1) is 19.0. The number of methoxy groups -OCH3 is 1. The van der Waals surface area contributed by atoms with E-state index in [1.807, 2.05) is 35.1 Å². The van der Waals surface area contributed by atoms with Crippen molar-refractivity contribution >= 4 is 39.7 Å². The molecule has 12 heteroatoms. The van der Waals surface area contributed by atoms with Crippen LogP contribution in [0.4, 0.5) is 13.2 Å². The number of amides is 2. The van der Waals surface area contributed by atoms with Crippen molar-refractivity contribution in [3.8, 4) is 11.5 Å². The molecule has 0 saturated carbocycles. The molecular formula is C28H28F3N5O4. The Bertz CT molecular complexity index is 1620. The zero-order valence-corrected chi connectivity index (χ0v) is 22.2. The predicted molar refractivity (Wildman–Crippen MR) is 141 cm³/mol. The second kappa shape index (κ2) is 10.3. The summed E-state index contributed by atoms with van der Waals surface area (Å²) in [7, 11) is 3.02. The SMILES string of the molecule is CCn1c(-c2nc3cc(C(=O)N4CC[C@H](C(=O)OC)[C@H](NC(=O)C(F)(F)F)C4)ccc3n2C)cc2ccccc21. The Morgan fingerprint density at radius 2 is 1.85 bits per heavy atom. The number of para-hydroxylation sites is 1. The number of alkyl halides is 3. The highest BCUT2D eigenvalue weighted by molar-refractivity contribution is 5.98. The number of ether oxygens (including phenoxy) is 1. The van der Waals surface area contributed by atoms with Gasteiger partial charge in [0, 0.05) is 43.1 Å². The Labute approximate surface area is 227 Å². The van der Waals surface area contributed by atoms with Gasteiger partial charge >= 0.3 is 18.1 Å². The lowest BCUT2D eigenvalue weighted by molar-refractivity contribution is -0.175. The standard InChI is InChI=1S/C28H28F3N5O4/c1-4-36-21-8-6-5-7-16(21)14-23(36)24-32-19-13-17(9-10-22(19)34(24)2)25(37)35-12-11-18(26(38)40-3)20(15-35)33-27(39)28(29,30)31/h5-10,13-14,18,20H,4,11-12,15H2,1-3H3,(H,33,39)/t18-,20+/m0/s1. The van der Waals surface area contributed by atoms with E-state index >= 15 is 0 Å². The molecule has 0 unspecified atom stereocenters. The van der Waals surface area contributed by atoms with Crippen LogP contribution in [0.2, 0.25) is 0 Å². The molecule has 3 heterocycles. The lowest BCUT2D eigenvalue weighted by atomic mass is 9.91. The number of fused-ring (bicyclic) bond motifs is 2. The van der Waals surface area contributed by atoms with Crippen molar-refractivity contribution in [2.75, 3.05) is 20.2 Å². The van der Waals surface area contributed by atoms with Gasteiger partial charge in [0.15, 0.2) is 5.82 Å². The number of aromatic nitrogens is 3. The van der Waals surface area contributed by atoms with E-state index in [0.29, 0.717) is 11.1 Å². The number of hydrogen-bond donors (Lipinski definition) is 1. The normalized spacial score (nSPS) is 17.8. The van der Waals surface area contributed by atoms with Crippen LogP contribution in [0.3, 0.4) is 0 Å². The van der Waals surface area contributed by atoms with Crippen molar-refractivity contribution in [3.63, 3.8) is 0 Å². The summed E-state index contributed by atoms with van der Waals surface area (Å²) in [5.41, 5.74) is 3.71. The first-order valence-electron chi connectivity index (χ1n) is 12.8. The van der Waals surface area contributed by atoms with Crippen LogP contribution >= 0.6 is 0 Å². The summed E-state index contributed by atoms with van der Waals surface area (Å²) in [5.74, 6) is -3.64. The maximum absolute atomic E-state index is 13.4. The van der Waals surface area contributed by atoms with Gasteiger partial charge < -0.3 is 24.1 Å². The summed E-state index contributed by atoms with van der Waals surface area (Å²) < 4.78 is 47.6. The van der Waals surface area contributed by atoms with E-state index in [2.05, 4.69) is 23.6 Å². The molecule has 2 atom stereocenters. The van der Waals surface area contributed by atoms with Crippen LogP contribution in [-0.2, 0) is 27.9 Å². The Hall–Kier alpha value is -4.35. The molecule has 1 fully saturated rings. The van der Waals surface area contributed by atoms with Crippen LogP contribution in [-0.4, -0.2) is 69.2 Å². The van der Waals surface area contributed by atoms with Crippen LogP contribution in [0, 0.1) is 5.92 Å². The molecule has 0 spiro atoms. The van der Waals surface area contributed by atoms with Crippen LogP contribution in [0.1, 0.15) is 23.7 Å². The molecule has 0 bridgehead atoms. The minimum absolute atomic E-state index is 0.0404. The number of hydrogen-bond acceptors (Lipinski definition) is 5. The molecule has 0 radical (unpaired) electrons. The van der Waals surface area contributed by atoms with Gasteiger partial charge in [0.05, 0.1) is 35.8 Å². The second-order valence-electron chi connectivity index (χ2n) is 9.78. The molecule has 40 heavy (non-hydrogen) atoms. The molecule has 1 saturated heterocycles. The number of piperidine rings is 1. The molecule has 5 rings (SSSR count). The van der Waals surface area contributed by atoms with Crippen LogP contribution < -0.4 is 5.32 Å². The number of rotatable bonds is 5. The number of carbonyl (C=O) groups is 3. The lowest BCUT2D eigenvalue weighted by Crippen LogP contribution is -2.58. The average molecular weight is 556 g/mol. The minimum atomic E-state index is -5.13. The molecule has 9 nitrogen and oxygen atoms in total. The zero-order chi connectivity index (χ0) is 28.8. The van der Waals surface area contributed by atoms with Crippen molar-refractivity contribution in [2.45, 2.75) is 32.1 Å². The maximum Gasteiger partial charge on any atom is 0.471 e. The third kappa shape index (κ3) is 4.78. The monoisotopic (exact) mass is 555 g/mol. The van der Waals surface area contributed by atoms with Crippen LogP contribution in [0.5, 0.6) is 0 Å². The summed E-state index contributed by atoms with van der Waals surface area (Å²) in [6, 6.07) is 13.9. The molecule has 210 valence electrons. The second-order valence-corrected chi connectivity index (χ2v) is 9.78. The van der Waals surface area contributed by atoms with Gasteiger partial charge in [0.2, 0.25) is 0 Å². The number of halogens is 3. The van der Waals surface area contributed by atoms with Gasteiger partial charge in [-0.15, -0.1) is 0 Å².